The zero-order chi connectivity index (χ0) is 19.4. The lowest BCUT2D eigenvalue weighted by atomic mass is 9.98. The van der Waals surface area contributed by atoms with Crippen LogP contribution < -0.4 is 10.6 Å². The monoisotopic (exact) mass is 449 g/mol. The van der Waals surface area contributed by atoms with Gasteiger partial charge in [-0.05, 0) is 71.2 Å². The Labute approximate surface area is 171 Å². The molecule has 27 heavy (non-hydrogen) atoms. The number of halogens is 1. The highest BCUT2D eigenvalue weighted by atomic mass is 79.9. The average Bonchev–Trinajstić information content (AvgIpc) is 3.09. The summed E-state index contributed by atoms with van der Waals surface area (Å²) in [6.45, 7) is 3.71. The Bertz CT molecular complexity index is 859. The zero-order valence-corrected chi connectivity index (χ0v) is 17.2. The Hall–Kier alpha value is -2.19. The summed E-state index contributed by atoms with van der Waals surface area (Å²) in [6, 6.07) is 10.3. The third-order valence-electron chi connectivity index (χ3n) is 4.50. The van der Waals surface area contributed by atoms with E-state index in [2.05, 4.69) is 33.5 Å². The number of likely N-dealkylation sites (tertiary alicyclic amines) is 1. The molecule has 1 aliphatic rings. The van der Waals surface area contributed by atoms with E-state index >= 15 is 0 Å². The van der Waals surface area contributed by atoms with Crippen LogP contribution in [0.4, 0.5) is 5.69 Å². The van der Waals surface area contributed by atoms with E-state index in [4.69, 9.17) is 16.6 Å². The Morgan fingerprint density at radius 3 is 2.56 bits per heavy atom. The van der Waals surface area contributed by atoms with Crippen molar-refractivity contribution in [3.05, 3.63) is 52.4 Å². The fraction of sp³-hybridized carbons (Fsp3) is 0.316. The summed E-state index contributed by atoms with van der Waals surface area (Å²) in [5, 5.41) is 5.59. The molecule has 8 heteroatoms. The highest BCUT2D eigenvalue weighted by Gasteiger charge is 2.23. The van der Waals surface area contributed by atoms with Crippen molar-refractivity contribution in [1.82, 2.24) is 10.2 Å². The molecule has 0 saturated carbocycles. The third kappa shape index (κ3) is 4.95. The van der Waals surface area contributed by atoms with Crippen molar-refractivity contribution in [2.75, 3.05) is 18.4 Å². The van der Waals surface area contributed by atoms with Crippen LogP contribution in [-0.4, -0.2) is 34.9 Å². The maximum Gasteiger partial charge on any atom is 0.293 e. The van der Waals surface area contributed by atoms with Crippen LogP contribution in [0.3, 0.4) is 0 Å². The molecule has 6 nitrogen and oxygen atoms in total. The van der Waals surface area contributed by atoms with Crippen molar-refractivity contribution in [3.63, 3.8) is 0 Å². The van der Waals surface area contributed by atoms with E-state index in [1.807, 2.05) is 17.0 Å². The minimum atomic E-state index is -0.466. The van der Waals surface area contributed by atoms with Crippen LogP contribution >= 0.6 is 28.1 Å². The van der Waals surface area contributed by atoms with Gasteiger partial charge < -0.3 is 14.6 Å². The van der Waals surface area contributed by atoms with Gasteiger partial charge in [-0.3, -0.25) is 14.9 Å². The Kier molecular flexibility index (Phi) is 6.28. The summed E-state index contributed by atoms with van der Waals surface area (Å²) in [7, 11) is 0. The number of thiocarbonyl (C=S) groups is 1. The SMILES string of the molecule is CC1CCN(C(=O)c2ccccc2NC(=S)NC(=O)c2ccc(Br)o2)CC1. The zero-order valence-electron chi connectivity index (χ0n) is 14.8. The number of piperidine rings is 1. The molecule has 0 aliphatic carbocycles. The van der Waals surface area contributed by atoms with Crippen molar-refractivity contribution in [3.8, 4) is 0 Å². The molecule has 1 fully saturated rings. The van der Waals surface area contributed by atoms with Gasteiger partial charge in [0.15, 0.2) is 15.5 Å². The van der Waals surface area contributed by atoms with Gasteiger partial charge in [-0.25, -0.2) is 0 Å². The molecule has 0 radical (unpaired) electrons. The van der Waals surface area contributed by atoms with Crippen LogP contribution in [0.25, 0.3) is 0 Å². The number of amides is 2. The molecule has 2 amide bonds. The van der Waals surface area contributed by atoms with Crippen molar-refractivity contribution >= 4 is 50.8 Å². The van der Waals surface area contributed by atoms with Gasteiger partial charge in [0, 0.05) is 13.1 Å². The number of carbonyl (C=O) groups excluding carboxylic acids is 2. The van der Waals surface area contributed by atoms with E-state index in [-0.39, 0.29) is 16.8 Å². The third-order valence-corrected chi connectivity index (χ3v) is 5.13. The molecular weight excluding hydrogens is 430 g/mol. The molecule has 0 unspecified atom stereocenters. The number of para-hydroxylation sites is 1. The summed E-state index contributed by atoms with van der Waals surface area (Å²) >= 11 is 8.37. The van der Waals surface area contributed by atoms with Crippen molar-refractivity contribution in [1.29, 1.82) is 0 Å². The van der Waals surface area contributed by atoms with Gasteiger partial charge in [0.25, 0.3) is 11.8 Å². The summed E-state index contributed by atoms with van der Waals surface area (Å²) in [4.78, 5) is 26.9. The highest BCUT2D eigenvalue weighted by Crippen LogP contribution is 2.22. The number of benzene rings is 1. The molecule has 0 spiro atoms. The molecule has 1 aliphatic heterocycles. The minimum Gasteiger partial charge on any atom is -0.444 e. The van der Waals surface area contributed by atoms with Crippen LogP contribution in [0.15, 0.2) is 45.5 Å². The Balaban J connectivity index is 1.67. The first-order valence-corrected chi connectivity index (χ1v) is 9.90. The summed E-state index contributed by atoms with van der Waals surface area (Å²) in [6.07, 6.45) is 2.02. The summed E-state index contributed by atoms with van der Waals surface area (Å²) < 4.78 is 5.66. The normalized spacial score (nSPS) is 14.7. The predicted octanol–water partition coefficient (Wildman–Crippen LogP) is 4.04. The Morgan fingerprint density at radius 2 is 1.89 bits per heavy atom. The molecule has 0 atom stereocenters. The van der Waals surface area contributed by atoms with E-state index in [9.17, 15) is 9.59 Å². The molecule has 0 bridgehead atoms. The van der Waals surface area contributed by atoms with Gasteiger partial charge in [-0.15, -0.1) is 0 Å². The van der Waals surface area contributed by atoms with Crippen molar-refractivity contribution in [2.45, 2.75) is 19.8 Å². The quantitative estimate of drug-likeness (QED) is 0.691. The lowest BCUT2D eigenvalue weighted by Crippen LogP contribution is -2.39. The number of furan rings is 1. The predicted molar refractivity (Wildman–Crippen MR) is 111 cm³/mol. The smallest absolute Gasteiger partial charge is 0.293 e. The van der Waals surface area contributed by atoms with Gasteiger partial charge in [-0.1, -0.05) is 19.1 Å². The van der Waals surface area contributed by atoms with Gasteiger partial charge in [0.1, 0.15) is 0 Å². The minimum absolute atomic E-state index is 0.0332. The summed E-state index contributed by atoms with van der Waals surface area (Å²) in [5.74, 6) is 0.283. The van der Waals surface area contributed by atoms with Crippen molar-refractivity contribution in [2.24, 2.45) is 5.92 Å². The molecular formula is C19H20BrN3O3S. The molecule has 1 saturated heterocycles. The van der Waals surface area contributed by atoms with E-state index in [0.29, 0.717) is 21.8 Å². The van der Waals surface area contributed by atoms with Crippen LogP contribution in [-0.2, 0) is 0 Å². The maximum atomic E-state index is 12.9. The molecule has 1 aromatic carbocycles. The lowest BCUT2D eigenvalue weighted by molar-refractivity contribution is 0.0698. The first kappa shape index (κ1) is 19.6. The van der Waals surface area contributed by atoms with Gasteiger partial charge in [-0.2, -0.15) is 0 Å². The van der Waals surface area contributed by atoms with Crippen LogP contribution in [0.2, 0.25) is 0 Å². The van der Waals surface area contributed by atoms with E-state index in [0.717, 1.165) is 25.9 Å². The average molecular weight is 450 g/mol. The van der Waals surface area contributed by atoms with E-state index in [1.165, 1.54) is 6.07 Å². The summed E-state index contributed by atoms with van der Waals surface area (Å²) in [5.41, 5.74) is 1.09. The number of rotatable bonds is 3. The number of carbonyl (C=O) groups is 2. The highest BCUT2D eigenvalue weighted by molar-refractivity contribution is 9.10. The molecule has 3 rings (SSSR count). The fourth-order valence-corrected chi connectivity index (χ4v) is 3.42. The molecule has 142 valence electrons. The number of nitrogens with zero attached hydrogens (tertiary/aromatic N) is 1. The molecule has 2 N–H and O–H groups in total. The first-order valence-electron chi connectivity index (χ1n) is 8.70. The standard InChI is InChI=1S/C19H20BrN3O3S/c1-12-8-10-23(11-9-12)18(25)13-4-2-3-5-14(13)21-19(27)22-17(24)15-6-7-16(20)26-15/h2-7,12H,8-11H2,1H3,(H2,21,22,24,27). The van der Waals surface area contributed by atoms with Gasteiger partial charge in [0.2, 0.25) is 0 Å². The van der Waals surface area contributed by atoms with E-state index < -0.39 is 5.91 Å². The van der Waals surface area contributed by atoms with Crippen LogP contribution in [0, 0.1) is 5.92 Å². The second kappa shape index (κ2) is 8.67. The molecule has 2 aromatic rings. The fourth-order valence-electron chi connectivity index (χ4n) is 2.92. The maximum absolute atomic E-state index is 12.9. The number of hydrogen-bond acceptors (Lipinski definition) is 4. The lowest BCUT2D eigenvalue weighted by Gasteiger charge is -2.30. The van der Waals surface area contributed by atoms with Crippen LogP contribution in [0.5, 0.6) is 0 Å². The Morgan fingerprint density at radius 1 is 1.19 bits per heavy atom. The molecule has 1 aromatic heterocycles. The second-order valence-corrected chi connectivity index (χ2v) is 7.72. The van der Waals surface area contributed by atoms with Gasteiger partial charge >= 0.3 is 0 Å². The van der Waals surface area contributed by atoms with Gasteiger partial charge in [0.05, 0.1) is 11.3 Å². The molecule has 2 heterocycles. The van der Waals surface area contributed by atoms with Crippen LogP contribution in [0.1, 0.15) is 40.7 Å². The van der Waals surface area contributed by atoms with Crippen molar-refractivity contribution < 1.29 is 14.0 Å². The van der Waals surface area contributed by atoms with E-state index in [1.54, 1.807) is 18.2 Å². The second-order valence-electron chi connectivity index (χ2n) is 6.53. The number of nitrogens with one attached hydrogen (secondary N) is 2. The topological polar surface area (TPSA) is 74.6 Å². The number of anilines is 1. The largest absolute Gasteiger partial charge is 0.444 e. The number of hydrogen-bond donors (Lipinski definition) is 2. The first-order chi connectivity index (χ1) is 12.9.